The predicted octanol–water partition coefficient (Wildman–Crippen LogP) is 3.46. The fraction of sp³-hybridized carbons (Fsp3) is 0.160. The lowest BCUT2D eigenvalue weighted by Gasteiger charge is -2.14. The number of ketones is 1. The van der Waals surface area contributed by atoms with E-state index in [4.69, 9.17) is 9.15 Å². The number of hydrogen-bond donors (Lipinski definition) is 1. The topological polar surface area (TPSA) is 123 Å². The lowest BCUT2D eigenvalue weighted by molar-refractivity contribution is -0.123. The highest BCUT2D eigenvalue weighted by molar-refractivity contribution is 6.21. The van der Waals surface area contributed by atoms with Crippen LogP contribution in [0.2, 0.25) is 0 Å². The smallest absolute Gasteiger partial charge is 0.338 e. The number of amides is 3. The molecule has 3 amide bonds. The van der Waals surface area contributed by atoms with Crippen LogP contribution in [0.25, 0.3) is 0 Å². The molecule has 0 bridgehead atoms. The van der Waals surface area contributed by atoms with E-state index in [0.717, 1.165) is 4.90 Å². The standard InChI is InChI=1S/C25H20N2O7/c1-14(28)16-5-8-18(9-6-16)26-22(29)15(2)34-25(32)17-7-10-20-21(12-17)24(31)27(23(20)30)13-19-4-3-11-33-19/h3-12,15H,13H2,1-2H3,(H,26,29). The van der Waals surface area contributed by atoms with Crippen LogP contribution in [-0.4, -0.2) is 40.5 Å². The SMILES string of the molecule is CC(=O)c1ccc(NC(=O)C(C)OC(=O)c2ccc3c(c2)C(=O)N(Cc2ccco2)C3=O)cc1. The Labute approximate surface area is 194 Å². The van der Waals surface area contributed by atoms with Crippen LogP contribution < -0.4 is 5.32 Å². The quantitative estimate of drug-likeness (QED) is 0.325. The first-order valence-electron chi connectivity index (χ1n) is 10.4. The average Bonchev–Trinajstić information content (AvgIpc) is 3.42. The summed E-state index contributed by atoms with van der Waals surface area (Å²) in [5.74, 6) is -2.07. The van der Waals surface area contributed by atoms with Crippen molar-refractivity contribution in [2.24, 2.45) is 0 Å². The van der Waals surface area contributed by atoms with E-state index in [2.05, 4.69) is 5.32 Å². The number of hydrogen-bond acceptors (Lipinski definition) is 7. The lowest BCUT2D eigenvalue weighted by Crippen LogP contribution is -2.30. The maximum absolute atomic E-state index is 12.7. The van der Waals surface area contributed by atoms with Crippen LogP contribution in [0.4, 0.5) is 5.69 Å². The Bertz CT molecular complexity index is 1290. The van der Waals surface area contributed by atoms with Gasteiger partial charge in [0.15, 0.2) is 11.9 Å². The number of rotatable bonds is 7. The number of esters is 1. The summed E-state index contributed by atoms with van der Waals surface area (Å²) >= 11 is 0. The summed E-state index contributed by atoms with van der Waals surface area (Å²) in [4.78, 5) is 62.7. The third-order valence-corrected chi connectivity index (χ3v) is 5.31. The maximum Gasteiger partial charge on any atom is 0.338 e. The molecule has 1 aliphatic heterocycles. The molecule has 1 aromatic heterocycles. The summed E-state index contributed by atoms with van der Waals surface area (Å²) in [6, 6.07) is 13.6. The van der Waals surface area contributed by atoms with Gasteiger partial charge in [-0.2, -0.15) is 0 Å². The number of anilines is 1. The normalized spacial score (nSPS) is 13.4. The van der Waals surface area contributed by atoms with Crippen molar-refractivity contribution in [3.05, 3.63) is 88.9 Å². The van der Waals surface area contributed by atoms with E-state index in [0.29, 0.717) is 17.0 Å². The summed E-state index contributed by atoms with van der Waals surface area (Å²) < 4.78 is 10.4. The molecular formula is C25H20N2O7. The van der Waals surface area contributed by atoms with Crippen molar-refractivity contribution in [3.8, 4) is 0 Å². The van der Waals surface area contributed by atoms with Crippen molar-refractivity contribution in [1.29, 1.82) is 0 Å². The summed E-state index contributed by atoms with van der Waals surface area (Å²) in [5, 5.41) is 2.60. The van der Waals surface area contributed by atoms with Crippen LogP contribution >= 0.6 is 0 Å². The number of nitrogens with one attached hydrogen (secondary N) is 1. The third kappa shape index (κ3) is 4.49. The fourth-order valence-electron chi connectivity index (χ4n) is 3.43. The van der Waals surface area contributed by atoms with Gasteiger partial charge in [-0.15, -0.1) is 0 Å². The van der Waals surface area contributed by atoms with Crippen molar-refractivity contribution in [3.63, 3.8) is 0 Å². The second-order valence-electron chi connectivity index (χ2n) is 7.71. The van der Waals surface area contributed by atoms with Crippen molar-refractivity contribution >= 4 is 35.2 Å². The Hall–Kier alpha value is -4.53. The number of benzene rings is 2. The van der Waals surface area contributed by atoms with Gasteiger partial charge in [0, 0.05) is 11.3 Å². The van der Waals surface area contributed by atoms with E-state index in [9.17, 15) is 24.0 Å². The van der Waals surface area contributed by atoms with E-state index in [1.807, 2.05) is 0 Å². The second-order valence-corrected chi connectivity index (χ2v) is 7.71. The zero-order chi connectivity index (χ0) is 24.4. The molecule has 0 saturated heterocycles. The van der Waals surface area contributed by atoms with Crippen LogP contribution in [0.5, 0.6) is 0 Å². The third-order valence-electron chi connectivity index (χ3n) is 5.31. The van der Waals surface area contributed by atoms with E-state index >= 15 is 0 Å². The predicted molar refractivity (Wildman–Crippen MR) is 119 cm³/mol. The highest BCUT2D eigenvalue weighted by Crippen LogP contribution is 2.26. The molecule has 0 aliphatic carbocycles. The molecule has 2 heterocycles. The minimum atomic E-state index is -1.14. The highest BCUT2D eigenvalue weighted by Gasteiger charge is 2.36. The van der Waals surface area contributed by atoms with Gasteiger partial charge in [0.2, 0.25) is 0 Å². The molecule has 0 radical (unpaired) electrons. The molecule has 4 rings (SSSR count). The van der Waals surface area contributed by atoms with Crippen LogP contribution in [-0.2, 0) is 16.1 Å². The first kappa shape index (κ1) is 22.7. The molecule has 34 heavy (non-hydrogen) atoms. The van der Waals surface area contributed by atoms with Gasteiger partial charge in [0.25, 0.3) is 17.7 Å². The number of ether oxygens (including phenoxy) is 1. The van der Waals surface area contributed by atoms with Gasteiger partial charge in [0.05, 0.1) is 29.5 Å². The number of fused-ring (bicyclic) bond motifs is 1. The van der Waals surface area contributed by atoms with Gasteiger partial charge in [-0.3, -0.25) is 24.1 Å². The number of Topliss-reactive ketones (excluding diaryl/α,β-unsaturated/α-hetero) is 1. The maximum atomic E-state index is 12.7. The molecule has 9 nitrogen and oxygen atoms in total. The van der Waals surface area contributed by atoms with E-state index in [1.54, 1.807) is 36.4 Å². The van der Waals surface area contributed by atoms with Crippen LogP contribution in [0.15, 0.2) is 65.3 Å². The fourth-order valence-corrected chi connectivity index (χ4v) is 3.43. The molecule has 3 aromatic rings. The van der Waals surface area contributed by atoms with Crippen molar-refractivity contribution in [2.45, 2.75) is 26.5 Å². The second kappa shape index (κ2) is 9.14. The first-order chi connectivity index (χ1) is 16.2. The zero-order valence-electron chi connectivity index (χ0n) is 18.4. The summed E-state index contributed by atoms with van der Waals surface area (Å²) in [7, 11) is 0. The molecule has 0 fully saturated rings. The Morgan fingerprint density at radius 1 is 0.971 bits per heavy atom. The number of furan rings is 1. The Balaban J connectivity index is 1.41. The zero-order valence-corrected chi connectivity index (χ0v) is 18.4. The largest absolute Gasteiger partial charge is 0.467 e. The molecule has 0 spiro atoms. The van der Waals surface area contributed by atoms with Gasteiger partial charge < -0.3 is 14.5 Å². The Morgan fingerprint density at radius 2 is 1.65 bits per heavy atom. The molecule has 0 saturated carbocycles. The Kier molecular flexibility index (Phi) is 6.09. The molecule has 9 heteroatoms. The molecular weight excluding hydrogens is 440 g/mol. The first-order valence-corrected chi connectivity index (χ1v) is 10.4. The summed E-state index contributed by atoms with van der Waals surface area (Å²) in [5.41, 5.74) is 1.23. The van der Waals surface area contributed by atoms with Crippen LogP contribution in [0, 0.1) is 0 Å². The minimum Gasteiger partial charge on any atom is -0.467 e. The highest BCUT2D eigenvalue weighted by atomic mass is 16.5. The van der Waals surface area contributed by atoms with Gasteiger partial charge >= 0.3 is 5.97 Å². The molecule has 1 aliphatic rings. The monoisotopic (exact) mass is 460 g/mol. The molecule has 1 unspecified atom stereocenters. The van der Waals surface area contributed by atoms with Crippen LogP contribution in [0.1, 0.15) is 61.0 Å². The lowest BCUT2D eigenvalue weighted by atomic mass is 10.1. The molecule has 2 aromatic carbocycles. The van der Waals surface area contributed by atoms with E-state index in [-0.39, 0.29) is 29.0 Å². The average molecular weight is 460 g/mol. The van der Waals surface area contributed by atoms with Gasteiger partial charge in [-0.1, -0.05) is 0 Å². The molecule has 172 valence electrons. The molecule has 1 atom stereocenters. The summed E-state index contributed by atoms with van der Waals surface area (Å²) in [6.07, 6.45) is 0.307. The number of carbonyl (C=O) groups is 5. The molecule has 1 N–H and O–H groups in total. The van der Waals surface area contributed by atoms with Crippen molar-refractivity contribution in [2.75, 3.05) is 5.32 Å². The minimum absolute atomic E-state index is 0.0241. The Morgan fingerprint density at radius 3 is 2.29 bits per heavy atom. The van der Waals surface area contributed by atoms with Crippen LogP contribution in [0.3, 0.4) is 0 Å². The summed E-state index contributed by atoms with van der Waals surface area (Å²) in [6.45, 7) is 2.82. The van der Waals surface area contributed by atoms with E-state index < -0.39 is 29.8 Å². The number of carbonyl (C=O) groups excluding carboxylic acids is 5. The van der Waals surface area contributed by atoms with Crippen molar-refractivity contribution < 1.29 is 33.1 Å². The number of imide groups is 1. The van der Waals surface area contributed by atoms with Gasteiger partial charge in [-0.25, -0.2) is 4.79 Å². The van der Waals surface area contributed by atoms with Crippen molar-refractivity contribution in [1.82, 2.24) is 4.90 Å². The van der Waals surface area contributed by atoms with Gasteiger partial charge in [0.1, 0.15) is 5.76 Å². The van der Waals surface area contributed by atoms with Gasteiger partial charge in [-0.05, 0) is 68.4 Å². The number of nitrogens with zero attached hydrogens (tertiary/aromatic N) is 1. The van der Waals surface area contributed by atoms with E-state index in [1.165, 1.54) is 38.3 Å².